The van der Waals surface area contributed by atoms with Crippen LogP contribution < -0.4 is 9.47 Å². The molecule has 4 rings (SSSR count). The van der Waals surface area contributed by atoms with Gasteiger partial charge >= 0.3 is 6.18 Å². The van der Waals surface area contributed by atoms with Crippen LogP contribution in [0.25, 0.3) is 21.9 Å². The van der Waals surface area contributed by atoms with Crippen LogP contribution >= 0.6 is 0 Å². The van der Waals surface area contributed by atoms with Crippen molar-refractivity contribution in [3.05, 3.63) is 46.8 Å². The summed E-state index contributed by atoms with van der Waals surface area (Å²) in [6.07, 6.45) is 2.56. The van der Waals surface area contributed by atoms with Crippen LogP contribution in [0.5, 0.6) is 11.5 Å². The van der Waals surface area contributed by atoms with Gasteiger partial charge in [0.05, 0.1) is 24.3 Å². The third kappa shape index (κ3) is 15.2. The van der Waals surface area contributed by atoms with Gasteiger partial charge in [0.2, 0.25) is 17.7 Å². The van der Waals surface area contributed by atoms with E-state index in [0.717, 1.165) is 66.5 Å². The highest BCUT2D eigenvalue weighted by Gasteiger charge is 2.37. The number of ether oxygens (including phenoxy) is 2. The monoisotopic (exact) mass is 832 g/mol. The predicted octanol–water partition coefficient (Wildman–Crippen LogP) is 11.2. The molecule has 2 aromatic heterocycles. The molecule has 11 nitrogen and oxygen atoms in total. The summed E-state index contributed by atoms with van der Waals surface area (Å²) in [5.74, 6) is 0.975. The summed E-state index contributed by atoms with van der Waals surface area (Å²) >= 11 is 0. The van der Waals surface area contributed by atoms with Crippen molar-refractivity contribution in [3.8, 4) is 11.5 Å². The number of carbonyl (C=O) groups is 3. The first kappa shape index (κ1) is 50.5. The van der Waals surface area contributed by atoms with Crippen LogP contribution in [0.1, 0.15) is 144 Å². The molecule has 3 amide bonds. The lowest BCUT2D eigenvalue weighted by Gasteiger charge is -2.20. The van der Waals surface area contributed by atoms with Gasteiger partial charge in [-0.3, -0.25) is 19.3 Å². The van der Waals surface area contributed by atoms with Crippen molar-refractivity contribution in [3.63, 3.8) is 0 Å². The zero-order valence-corrected chi connectivity index (χ0v) is 37.2. The first-order valence-electron chi connectivity index (χ1n) is 21.2. The fraction of sp³-hybridized carbons (Fsp3) is 0.622. The summed E-state index contributed by atoms with van der Waals surface area (Å²) < 4.78 is 61.7. The third-order valence-electron chi connectivity index (χ3n) is 9.14. The molecule has 0 saturated heterocycles. The van der Waals surface area contributed by atoms with E-state index in [2.05, 4.69) is 38.0 Å². The molecule has 0 fully saturated rings. The number of amides is 3. The molecular weight excluding hydrogens is 766 g/mol. The van der Waals surface area contributed by atoms with E-state index in [1.165, 1.54) is 30.9 Å². The molecule has 0 aliphatic rings. The minimum Gasteiger partial charge on any atom is -0.493 e. The molecule has 0 atom stereocenters. The summed E-state index contributed by atoms with van der Waals surface area (Å²) in [6.45, 7) is 23.9. The Kier molecular flexibility index (Phi) is 20.9. The van der Waals surface area contributed by atoms with Crippen molar-refractivity contribution >= 4 is 39.7 Å². The van der Waals surface area contributed by atoms with Crippen LogP contribution in [0.4, 0.5) is 13.2 Å². The van der Waals surface area contributed by atoms with Crippen molar-refractivity contribution in [1.29, 1.82) is 0 Å². The molecule has 14 heteroatoms. The molecule has 0 radical (unpaired) electrons. The zero-order valence-electron chi connectivity index (χ0n) is 37.2. The van der Waals surface area contributed by atoms with Crippen molar-refractivity contribution in [2.45, 2.75) is 147 Å². The number of alkyl halides is 3. The quantitative estimate of drug-likeness (QED) is 0.0848. The van der Waals surface area contributed by atoms with E-state index in [1.54, 1.807) is 4.90 Å². The SMILES string of the molecule is CC.CCCC(=O)N(CCCOc1ccc2c(CC(C)(C)C)noc2c1CCC)C(C)=O.CCCc1c(OCCCN(CCC)C(C)=O)ccc2c(C(F)(F)F)noc12. The smallest absolute Gasteiger partial charge is 0.437 e. The lowest BCUT2D eigenvalue weighted by atomic mass is 9.89. The number of hydrogen-bond acceptors (Lipinski definition) is 9. The van der Waals surface area contributed by atoms with E-state index in [0.29, 0.717) is 69.8 Å². The highest BCUT2D eigenvalue weighted by Crippen LogP contribution is 2.38. The van der Waals surface area contributed by atoms with Gasteiger partial charge in [-0.25, -0.2) is 0 Å². The Balaban J connectivity index is 0.000000392. The number of hydrogen-bond donors (Lipinski definition) is 0. The Bertz CT molecular complexity index is 1910. The predicted molar refractivity (Wildman–Crippen MR) is 226 cm³/mol. The van der Waals surface area contributed by atoms with E-state index in [-0.39, 0.29) is 34.1 Å². The van der Waals surface area contributed by atoms with Gasteiger partial charge < -0.3 is 23.4 Å². The molecule has 0 spiro atoms. The second-order valence-corrected chi connectivity index (χ2v) is 15.5. The average molecular weight is 833 g/mol. The van der Waals surface area contributed by atoms with Crippen molar-refractivity contribution < 1.29 is 46.1 Å². The van der Waals surface area contributed by atoms with E-state index in [4.69, 9.17) is 18.5 Å². The highest BCUT2D eigenvalue weighted by molar-refractivity contribution is 5.94. The van der Waals surface area contributed by atoms with Gasteiger partial charge in [0.25, 0.3) is 0 Å². The Morgan fingerprint density at radius 2 is 1.22 bits per heavy atom. The zero-order chi connectivity index (χ0) is 44.3. The fourth-order valence-electron chi connectivity index (χ4n) is 6.56. The normalized spacial score (nSPS) is 11.4. The van der Waals surface area contributed by atoms with E-state index < -0.39 is 11.9 Å². The van der Waals surface area contributed by atoms with E-state index in [1.807, 2.05) is 46.8 Å². The molecule has 0 bridgehead atoms. The van der Waals surface area contributed by atoms with Crippen LogP contribution in [0, 0.1) is 5.41 Å². The largest absolute Gasteiger partial charge is 0.493 e. The van der Waals surface area contributed by atoms with E-state index in [9.17, 15) is 27.6 Å². The van der Waals surface area contributed by atoms with Crippen molar-refractivity contribution in [1.82, 2.24) is 20.1 Å². The summed E-state index contributed by atoms with van der Waals surface area (Å²) in [7, 11) is 0. The van der Waals surface area contributed by atoms with Gasteiger partial charge in [-0.15, -0.1) is 0 Å². The number of rotatable bonds is 19. The number of imide groups is 1. The van der Waals surface area contributed by atoms with Crippen LogP contribution in [0.15, 0.2) is 33.3 Å². The summed E-state index contributed by atoms with van der Waals surface area (Å²) in [4.78, 5) is 38.5. The summed E-state index contributed by atoms with van der Waals surface area (Å²) in [5, 5.41) is 8.54. The molecule has 330 valence electrons. The number of aryl methyl sites for hydroxylation is 2. The second kappa shape index (κ2) is 24.5. The van der Waals surface area contributed by atoms with Crippen molar-refractivity contribution in [2.24, 2.45) is 5.41 Å². The van der Waals surface area contributed by atoms with Gasteiger partial charge in [-0.2, -0.15) is 13.2 Å². The maximum absolute atomic E-state index is 13.0. The average Bonchev–Trinajstić information content (AvgIpc) is 3.79. The number of fused-ring (bicyclic) bond motifs is 2. The Hall–Kier alpha value is -4.62. The van der Waals surface area contributed by atoms with Gasteiger partial charge in [-0.05, 0) is 74.6 Å². The van der Waals surface area contributed by atoms with Crippen LogP contribution in [-0.2, 0) is 39.8 Å². The lowest BCUT2D eigenvalue weighted by molar-refractivity contribution is -0.144. The maximum atomic E-state index is 13.0. The number of benzene rings is 2. The molecule has 2 aromatic carbocycles. The fourth-order valence-corrected chi connectivity index (χ4v) is 6.56. The molecular formula is C45H67F3N4O7. The Morgan fingerprint density at radius 1 is 0.695 bits per heavy atom. The Labute approximate surface area is 348 Å². The number of nitrogens with zero attached hydrogens (tertiary/aromatic N) is 4. The molecule has 59 heavy (non-hydrogen) atoms. The minimum absolute atomic E-state index is 0.0197. The molecule has 0 N–H and O–H groups in total. The van der Waals surface area contributed by atoms with Crippen LogP contribution in [0.2, 0.25) is 0 Å². The van der Waals surface area contributed by atoms with Crippen LogP contribution in [0.3, 0.4) is 0 Å². The molecule has 0 aliphatic heterocycles. The molecule has 0 unspecified atom stereocenters. The summed E-state index contributed by atoms with van der Waals surface area (Å²) in [5.41, 5.74) is 2.64. The molecule has 2 heterocycles. The topological polar surface area (TPSA) is 128 Å². The molecule has 4 aromatic rings. The van der Waals surface area contributed by atoms with Gasteiger partial charge in [-0.1, -0.05) is 85.5 Å². The van der Waals surface area contributed by atoms with E-state index >= 15 is 0 Å². The van der Waals surface area contributed by atoms with Gasteiger partial charge in [0.15, 0.2) is 16.9 Å². The molecule has 0 aliphatic carbocycles. The van der Waals surface area contributed by atoms with Crippen LogP contribution in [-0.4, -0.2) is 70.7 Å². The summed E-state index contributed by atoms with van der Waals surface area (Å²) in [6, 6.07) is 6.88. The highest BCUT2D eigenvalue weighted by atomic mass is 19.4. The van der Waals surface area contributed by atoms with Gasteiger partial charge in [0.1, 0.15) is 11.5 Å². The van der Waals surface area contributed by atoms with Gasteiger partial charge in [0, 0.05) is 56.4 Å². The maximum Gasteiger partial charge on any atom is 0.437 e. The first-order chi connectivity index (χ1) is 28.0. The second-order valence-electron chi connectivity index (χ2n) is 15.5. The standard InChI is InChI=1S/C24H36N2O4.C19H25F3N2O3.C2H6/c1-7-10-19-21(29-15-9-14-26(17(3)27)22(28)11-8-2)13-12-18-20(16-24(4,5)6)25-30-23(18)19;1-4-7-14-16(26-12-6-11-24(10-5-2)13(3)25)9-8-15-17(14)27-23-18(15)19(20,21)22;1-2/h12-13H,7-11,14-16H2,1-6H3;8-9H,4-7,10-12H2,1-3H3;1-2H3. The lowest BCUT2D eigenvalue weighted by Crippen LogP contribution is -2.36. The number of carbonyl (C=O) groups excluding carboxylic acids is 3. The first-order valence-corrected chi connectivity index (χ1v) is 21.2. The number of aromatic nitrogens is 2. The molecule has 0 saturated carbocycles. The Morgan fingerprint density at radius 3 is 1.69 bits per heavy atom. The minimum atomic E-state index is -4.56. The third-order valence-corrected chi connectivity index (χ3v) is 9.14. The number of halogens is 3. The van der Waals surface area contributed by atoms with Crippen molar-refractivity contribution in [2.75, 3.05) is 32.8 Å².